The summed E-state index contributed by atoms with van der Waals surface area (Å²) >= 11 is 0. The third-order valence-corrected chi connectivity index (χ3v) is 3.11. The van der Waals surface area contributed by atoms with Gasteiger partial charge < -0.3 is 19.6 Å². The van der Waals surface area contributed by atoms with Crippen molar-refractivity contribution in [2.75, 3.05) is 20.3 Å². The highest BCUT2D eigenvalue weighted by molar-refractivity contribution is 6.03. The maximum absolute atomic E-state index is 11.4. The highest BCUT2D eigenvalue weighted by Gasteiger charge is 2.19. The number of benzene rings is 1. The van der Waals surface area contributed by atoms with Gasteiger partial charge in [0, 0.05) is 25.6 Å². The van der Waals surface area contributed by atoms with Gasteiger partial charge in [-0.15, -0.1) is 0 Å². The van der Waals surface area contributed by atoms with Gasteiger partial charge in [-0.2, -0.15) is 0 Å². The van der Waals surface area contributed by atoms with Crippen LogP contribution in [0.15, 0.2) is 28.7 Å². The lowest BCUT2D eigenvalue weighted by atomic mass is 10.1. The second-order valence-corrected chi connectivity index (χ2v) is 4.89. The fourth-order valence-electron chi connectivity index (χ4n) is 2.23. The largest absolute Gasteiger partial charge is 0.478 e. The van der Waals surface area contributed by atoms with E-state index in [0.29, 0.717) is 35.8 Å². The quantitative estimate of drug-likeness (QED) is 0.813. The lowest BCUT2D eigenvalue weighted by Gasteiger charge is -2.10. The van der Waals surface area contributed by atoms with Crippen molar-refractivity contribution in [2.45, 2.75) is 13.5 Å². The second kappa shape index (κ2) is 6.54. The van der Waals surface area contributed by atoms with Crippen LogP contribution in [0.3, 0.4) is 0 Å². The summed E-state index contributed by atoms with van der Waals surface area (Å²) in [5.74, 6) is -0.141. The number of hydrogen-bond acceptors (Lipinski definition) is 4. The number of methoxy groups -OCH3 is 1. The van der Waals surface area contributed by atoms with Crippen molar-refractivity contribution < 1.29 is 19.1 Å². The fraction of sp³-hybridized carbons (Fsp3) is 0.400. The number of ether oxygens (including phenoxy) is 1. The van der Waals surface area contributed by atoms with Crippen LogP contribution < -0.4 is 5.32 Å². The van der Waals surface area contributed by atoms with Gasteiger partial charge in [0.05, 0.1) is 6.54 Å². The van der Waals surface area contributed by atoms with E-state index in [1.54, 1.807) is 19.2 Å². The lowest BCUT2D eigenvalue weighted by molar-refractivity contribution is 0.0696. The number of rotatable bonds is 7. The molecule has 0 saturated heterocycles. The molecule has 2 aromatic rings. The van der Waals surface area contributed by atoms with Gasteiger partial charge in [-0.25, -0.2) is 4.79 Å². The average Bonchev–Trinajstić information content (AvgIpc) is 2.77. The van der Waals surface area contributed by atoms with Crippen molar-refractivity contribution in [1.29, 1.82) is 0 Å². The SMILES string of the molecule is COCC(C)CNCc1oc2ccccc2c1C(=O)O. The zero-order valence-corrected chi connectivity index (χ0v) is 11.7. The molecule has 5 nitrogen and oxygen atoms in total. The minimum absolute atomic E-state index is 0.243. The van der Waals surface area contributed by atoms with Crippen molar-refractivity contribution in [2.24, 2.45) is 5.92 Å². The maximum Gasteiger partial charge on any atom is 0.339 e. The normalized spacial score (nSPS) is 12.7. The molecule has 1 aromatic carbocycles. The molecule has 0 saturated carbocycles. The first kappa shape index (κ1) is 14.6. The van der Waals surface area contributed by atoms with Gasteiger partial charge in [-0.3, -0.25) is 0 Å². The number of furan rings is 1. The van der Waals surface area contributed by atoms with Crippen LogP contribution in [0.1, 0.15) is 23.0 Å². The van der Waals surface area contributed by atoms with Gasteiger partial charge in [0.1, 0.15) is 16.9 Å². The summed E-state index contributed by atoms with van der Waals surface area (Å²) in [5.41, 5.74) is 0.846. The summed E-state index contributed by atoms with van der Waals surface area (Å²) in [6, 6.07) is 7.18. The van der Waals surface area contributed by atoms with Crippen molar-refractivity contribution in [3.05, 3.63) is 35.6 Å². The molecule has 0 aliphatic heterocycles. The molecular weight excluding hydrogens is 258 g/mol. The van der Waals surface area contributed by atoms with Crippen LogP contribution in [-0.4, -0.2) is 31.3 Å². The Balaban J connectivity index is 2.13. The van der Waals surface area contributed by atoms with Crippen molar-refractivity contribution in [1.82, 2.24) is 5.32 Å². The molecule has 5 heteroatoms. The monoisotopic (exact) mass is 277 g/mol. The fourth-order valence-corrected chi connectivity index (χ4v) is 2.23. The lowest BCUT2D eigenvalue weighted by Crippen LogP contribution is -2.23. The van der Waals surface area contributed by atoms with Gasteiger partial charge in [0.15, 0.2) is 0 Å². The Morgan fingerprint density at radius 1 is 1.45 bits per heavy atom. The van der Waals surface area contributed by atoms with Gasteiger partial charge in [-0.1, -0.05) is 25.1 Å². The Bertz CT molecular complexity index is 591. The van der Waals surface area contributed by atoms with Crippen LogP contribution in [-0.2, 0) is 11.3 Å². The van der Waals surface area contributed by atoms with E-state index in [1.807, 2.05) is 12.1 Å². The molecular formula is C15H19NO4. The number of carboxylic acid groups (broad SMARTS) is 1. The molecule has 0 radical (unpaired) electrons. The van der Waals surface area contributed by atoms with Crippen LogP contribution in [0, 0.1) is 5.92 Å². The summed E-state index contributed by atoms with van der Waals surface area (Å²) in [4.78, 5) is 11.4. The number of carboxylic acids is 1. The van der Waals surface area contributed by atoms with E-state index in [-0.39, 0.29) is 5.56 Å². The maximum atomic E-state index is 11.4. The summed E-state index contributed by atoms with van der Waals surface area (Å²) in [7, 11) is 1.66. The molecule has 1 aromatic heterocycles. The van der Waals surface area contributed by atoms with Crippen molar-refractivity contribution in [3.8, 4) is 0 Å². The van der Waals surface area contributed by atoms with E-state index in [4.69, 9.17) is 9.15 Å². The van der Waals surface area contributed by atoms with E-state index in [9.17, 15) is 9.90 Å². The van der Waals surface area contributed by atoms with Crippen LogP contribution in [0.5, 0.6) is 0 Å². The molecule has 20 heavy (non-hydrogen) atoms. The highest BCUT2D eigenvalue weighted by atomic mass is 16.5. The average molecular weight is 277 g/mol. The van der Waals surface area contributed by atoms with Crippen LogP contribution in [0.4, 0.5) is 0 Å². The molecule has 1 atom stereocenters. The number of fused-ring (bicyclic) bond motifs is 1. The molecule has 0 spiro atoms. The zero-order chi connectivity index (χ0) is 14.5. The molecule has 108 valence electrons. The molecule has 0 aliphatic carbocycles. The topological polar surface area (TPSA) is 71.7 Å². The minimum Gasteiger partial charge on any atom is -0.478 e. The first-order valence-electron chi connectivity index (χ1n) is 6.56. The Hall–Kier alpha value is -1.85. The Morgan fingerprint density at radius 3 is 2.90 bits per heavy atom. The van der Waals surface area contributed by atoms with E-state index >= 15 is 0 Å². The Morgan fingerprint density at radius 2 is 2.20 bits per heavy atom. The number of aromatic carboxylic acids is 1. The summed E-state index contributed by atoms with van der Waals surface area (Å²) < 4.78 is 10.7. The number of carbonyl (C=O) groups is 1. The molecule has 2 rings (SSSR count). The zero-order valence-electron chi connectivity index (χ0n) is 11.7. The van der Waals surface area contributed by atoms with Crippen LogP contribution in [0.25, 0.3) is 11.0 Å². The Kier molecular flexibility index (Phi) is 4.76. The molecule has 0 fully saturated rings. The predicted molar refractivity (Wildman–Crippen MR) is 75.9 cm³/mol. The first-order valence-corrected chi connectivity index (χ1v) is 6.56. The standard InChI is InChI=1S/C15H19NO4/c1-10(9-19-2)7-16-8-13-14(15(17)18)11-5-3-4-6-12(11)20-13/h3-6,10,16H,7-9H2,1-2H3,(H,17,18). The first-order chi connectivity index (χ1) is 9.63. The smallest absolute Gasteiger partial charge is 0.339 e. The van der Waals surface area contributed by atoms with Gasteiger partial charge in [-0.05, 0) is 12.0 Å². The molecule has 1 unspecified atom stereocenters. The van der Waals surface area contributed by atoms with Gasteiger partial charge in [0.25, 0.3) is 0 Å². The Labute approximate surface area is 117 Å². The van der Waals surface area contributed by atoms with E-state index < -0.39 is 5.97 Å². The summed E-state index contributed by atoms with van der Waals surface area (Å²) in [6.45, 7) is 3.86. The molecule has 1 heterocycles. The van der Waals surface area contributed by atoms with E-state index in [2.05, 4.69) is 12.2 Å². The van der Waals surface area contributed by atoms with Gasteiger partial charge in [0.2, 0.25) is 0 Å². The number of hydrogen-bond donors (Lipinski definition) is 2. The molecule has 0 amide bonds. The summed E-state index contributed by atoms with van der Waals surface area (Å²) in [5, 5.41) is 13.2. The third kappa shape index (κ3) is 3.18. The number of nitrogens with one attached hydrogen (secondary N) is 1. The van der Waals surface area contributed by atoms with Crippen molar-refractivity contribution in [3.63, 3.8) is 0 Å². The second-order valence-electron chi connectivity index (χ2n) is 4.89. The van der Waals surface area contributed by atoms with Crippen LogP contribution >= 0.6 is 0 Å². The number of para-hydroxylation sites is 1. The highest BCUT2D eigenvalue weighted by Crippen LogP contribution is 2.25. The van der Waals surface area contributed by atoms with E-state index in [0.717, 1.165) is 6.54 Å². The molecule has 0 bridgehead atoms. The van der Waals surface area contributed by atoms with Crippen molar-refractivity contribution >= 4 is 16.9 Å². The predicted octanol–water partition coefficient (Wildman–Crippen LogP) is 2.50. The minimum atomic E-state index is -0.961. The van der Waals surface area contributed by atoms with Gasteiger partial charge >= 0.3 is 5.97 Å². The third-order valence-electron chi connectivity index (χ3n) is 3.11. The molecule has 2 N–H and O–H groups in total. The van der Waals surface area contributed by atoms with E-state index in [1.165, 1.54) is 0 Å². The summed E-state index contributed by atoms with van der Waals surface area (Å²) in [6.07, 6.45) is 0. The van der Waals surface area contributed by atoms with Crippen LogP contribution in [0.2, 0.25) is 0 Å². The molecule has 0 aliphatic rings.